The lowest BCUT2D eigenvalue weighted by molar-refractivity contribution is 0.0391. The number of aromatic nitrogens is 15. The second-order valence-corrected chi connectivity index (χ2v) is 42.0. The topological polar surface area (TPSA) is 415 Å². The summed E-state index contributed by atoms with van der Waals surface area (Å²) in [6.45, 7) is 39.4. The maximum absolute atomic E-state index is 10.1. The number of aliphatic hydroxyl groups excluding tert-OH is 3. The summed E-state index contributed by atoms with van der Waals surface area (Å²) in [5, 5.41) is 73.3. The molecule has 8 N–H and O–H groups in total. The molecule has 35 nitrogen and oxygen atoms in total. The van der Waals surface area contributed by atoms with E-state index >= 15 is 0 Å². The Balaban J connectivity index is 0.000000116. The van der Waals surface area contributed by atoms with Gasteiger partial charge in [0.2, 0.25) is 35.1 Å². The van der Waals surface area contributed by atoms with Crippen molar-refractivity contribution in [3.8, 4) is 57.1 Å². The molecule has 0 bridgehead atoms. The summed E-state index contributed by atoms with van der Waals surface area (Å²) in [7, 11) is 0. The largest absolute Gasteiger partial charge is 0.392 e. The van der Waals surface area contributed by atoms with Gasteiger partial charge in [-0.3, -0.25) is 0 Å². The van der Waals surface area contributed by atoms with Crippen molar-refractivity contribution in [3.05, 3.63) is 178 Å². The number of pyridine rings is 5. The van der Waals surface area contributed by atoms with Gasteiger partial charge >= 0.3 is 0 Å². The molecule has 10 aromatic heterocycles. The molecule has 8 fully saturated rings. The first kappa shape index (κ1) is 103. The van der Waals surface area contributed by atoms with Gasteiger partial charge in [0.1, 0.15) is 29.1 Å². The quantitative estimate of drug-likeness (QED) is 0.0312. The first-order valence-corrected chi connectivity index (χ1v) is 53.0. The SMILES string of the molecule is Cc1ccc2nc(N3CCC(NC4(C)CCOCC4)CC3)c(-c3noc(C)n3)cc2c1.Cc1ccc2nc(N3CCC(NC4CCCOC4)CC3)c(-c3noc(C)n3)cc2c1.Cc1ccc2nc(N3CCC(NC[C@@H](C)O)CC3)c(-c3nc(C)no3)cc2c1.Cc1ccc2nc(N3CCC(NC[C@H](C)O)CC3)c(-c3nc(C)no3)cc2c1.Cc1ccc2nc(N3CCC(N[C@H]4CCC[C@@H]4O)CC3)c(-c3noc(C)n3)cc2c1. The van der Waals surface area contributed by atoms with Crippen LogP contribution in [0.1, 0.15) is 187 Å². The second kappa shape index (κ2) is 46.9. The molecule has 147 heavy (non-hydrogen) atoms. The lowest BCUT2D eigenvalue weighted by Crippen LogP contribution is -2.54. The fraction of sp³-hybridized carbons (Fsp3) is 0.509. The number of rotatable bonds is 22. The van der Waals surface area contributed by atoms with Crippen molar-refractivity contribution < 1.29 is 47.4 Å². The van der Waals surface area contributed by atoms with Crippen molar-refractivity contribution in [1.82, 2.24) is 102 Å². The minimum absolute atomic E-state index is 0.192. The maximum Gasteiger partial charge on any atom is 0.261 e. The van der Waals surface area contributed by atoms with Crippen LogP contribution in [0.5, 0.6) is 0 Å². The monoisotopic (exact) mass is 2000 g/mol. The number of benzene rings is 5. The molecule has 776 valence electrons. The van der Waals surface area contributed by atoms with Crippen molar-refractivity contribution in [2.24, 2.45) is 0 Å². The molecule has 1 aliphatic carbocycles. The fourth-order valence-corrected chi connectivity index (χ4v) is 21.6. The van der Waals surface area contributed by atoms with Gasteiger partial charge in [0.05, 0.1) is 80.3 Å². The Morgan fingerprint density at radius 2 is 0.660 bits per heavy atom. The average Bonchev–Trinajstić information content (AvgIpc) is 1.78. The lowest BCUT2D eigenvalue weighted by Gasteiger charge is -2.41. The lowest BCUT2D eigenvalue weighted by atomic mass is 9.90. The van der Waals surface area contributed by atoms with Crippen LogP contribution in [0.4, 0.5) is 29.1 Å². The van der Waals surface area contributed by atoms with Crippen molar-refractivity contribution in [1.29, 1.82) is 0 Å². The zero-order valence-electron chi connectivity index (χ0n) is 87.3. The van der Waals surface area contributed by atoms with Crippen LogP contribution >= 0.6 is 0 Å². The summed E-state index contributed by atoms with van der Waals surface area (Å²) in [4.78, 5) is 59.0. The summed E-state index contributed by atoms with van der Waals surface area (Å²) >= 11 is 0. The number of aliphatic hydroxyl groups is 3. The van der Waals surface area contributed by atoms with Gasteiger partial charge in [-0.1, -0.05) is 83.9 Å². The molecule has 7 aliphatic heterocycles. The molecule has 17 heterocycles. The third-order valence-corrected chi connectivity index (χ3v) is 29.7. The Kier molecular flexibility index (Phi) is 32.9. The van der Waals surface area contributed by atoms with E-state index in [2.05, 4.69) is 265 Å². The van der Waals surface area contributed by atoms with E-state index in [4.69, 9.17) is 57.0 Å². The predicted octanol–water partition coefficient (Wildman–Crippen LogP) is 16.7. The second-order valence-electron chi connectivity index (χ2n) is 42.0. The Morgan fingerprint density at radius 3 is 0.959 bits per heavy atom. The van der Waals surface area contributed by atoms with Crippen molar-refractivity contribution in [3.63, 3.8) is 0 Å². The highest BCUT2D eigenvalue weighted by molar-refractivity contribution is 5.93. The number of piperidine rings is 5. The van der Waals surface area contributed by atoms with E-state index in [0.717, 1.165) is 306 Å². The summed E-state index contributed by atoms with van der Waals surface area (Å²) in [6, 6.07) is 45.4. The Bertz CT molecular complexity index is 6790. The highest BCUT2D eigenvalue weighted by Crippen LogP contribution is 2.42. The van der Waals surface area contributed by atoms with Crippen LogP contribution in [0.25, 0.3) is 112 Å². The summed E-state index contributed by atoms with van der Waals surface area (Å²) < 4.78 is 37.9. The number of hydrogen-bond acceptors (Lipinski definition) is 35. The standard InChI is InChI=1S/C24H31N5O2.2C23H29N5O2.2C21H27N5O2/c1-16-4-5-21-18(14-16)15-20(22-25-17(2)31-28-22)23(26-21)29-10-6-19(7-11-29)27-24(3)8-12-30-13-9-24;1-15-5-6-21-17(12-15)13-20(22-24-16(2)30-27-22)23(26-21)28-9-7-18(8-10-28)25-19-4-3-11-29-14-19;1-14-6-7-19-16(12-14)13-18(22-24-15(2)30-27-22)23(26-19)28-10-8-17(9-11-28)25-20-4-3-5-21(20)29;2*1-13-4-5-19-16(10-13)11-18(21-23-15(3)25-28-21)20(24-19)26-8-6-17(7-9-26)22-12-14(2)27/h4-5,14-15,19,27H,6-13H2,1-3H3;5-6,12-13,18-19,25H,3-4,7-11,14H2,1-2H3;6-7,12-13,17,20-21,25,29H,3-5,8-11H2,1-2H3;2*4-5,10-11,14,17,22,27H,6-9,12H2,1-3H3/t;;20-,21-;2*14-/m..010/s1. The highest BCUT2D eigenvalue weighted by atomic mass is 16.5. The number of hydrogen-bond donors (Lipinski definition) is 8. The molecule has 0 spiro atoms. The van der Waals surface area contributed by atoms with E-state index in [1.54, 1.807) is 0 Å². The molecule has 15 aromatic rings. The fourth-order valence-electron chi connectivity index (χ4n) is 21.6. The molecule has 23 rings (SSSR count). The zero-order valence-corrected chi connectivity index (χ0v) is 87.3. The first-order chi connectivity index (χ1) is 71.2. The Labute approximate surface area is 858 Å². The summed E-state index contributed by atoms with van der Waals surface area (Å²) in [5.74, 6) is 10.4. The molecule has 0 amide bonds. The minimum Gasteiger partial charge on any atom is -0.392 e. The molecule has 5 atom stereocenters. The molecular formula is C112H143N25O10. The van der Waals surface area contributed by atoms with Crippen LogP contribution < -0.4 is 51.1 Å². The van der Waals surface area contributed by atoms with Gasteiger partial charge in [-0.2, -0.15) is 24.9 Å². The Morgan fingerprint density at radius 1 is 0.333 bits per heavy atom. The minimum atomic E-state index is -0.323. The normalized spacial score (nSPS) is 19.4. The molecule has 0 radical (unpaired) electrons. The average molecular weight is 2000 g/mol. The molecule has 7 saturated heterocycles. The summed E-state index contributed by atoms with van der Waals surface area (Å²) in [6.07, 6.45) is 17.3. The predicted molar refractivity (Wildman–Crippen MR) is 573 cm³/mol. The van der Waals surface area contributed by atoms with E-state index in [-0.39, 0.29) is 29.9 Å². The third-order valence-electron chi connectivity index (χ3n) is 29.7. The van der Waals surface area contributed by atoms with E-state index in [9.17, 15) is 15.3 Å². The van der Waals surface area contributed by atoms with Crippen LogP contribution in [0.3, 0.4) is 0 Å². The van der Waals surface area contributed by atoms with E-state index in [1.165, 1.54) is 34.2 Å². The van der Waals surface area contributed by atoms with Gasteiger partial charge in [-0.15, -0.1) is 0 Å². The summed E-state index contributed by atoms with van der Waals surface area (Å²) in [5.41, 5.74) is 15.7. The van der Waals surface area contributed by atoms with Gasteiger partial charge in [0.25, 0.3) is 11.8 Å². The zero-order chi connectivity index (χ0) is 102. The van der Waals surface area contributed by atoms with Gasteiger partial charge in [0.15, 0.2) is 11.6 Å². The van der Waals surface area contributed by atoms with Crippen LogP contribution in [0.2, 0.25) is 0 Å². The third kappa shape index (κ3) is 25.9. The highest BCUT2D eigenvalue weighted by Gasteiger charge is 2.37. The number of nitrogens with zero attached hydrogens (tertiary/aromatic N) is 20. The molecule has 8 aliphatic rings. The Hall–Kier alpha value is -12.6. The molecule has 35 heteroatoms. The van der Waals surface area contributed by atoms with E-state index in [0.29, 0.717) is 108 Å². The van der Waals surface area contributed by atoms with Crippen molar-refractivity contribution in [2.75, 3.05) is 129 Å². The molecule has 1 saturated carbocycles. The number of anilines is 5. The maximum atomic E-state index is 10.1. The van der Waals surface area contributed by atoms with E-state index in [1.807, 2.05) is 48.5 Å². The molecular weight excluding hydrogens is 1860 g/mol. The number of fused-ring (bicyclic) bond motifs is 5. The molecule has 1 unspecified atom stereocenters. The van der Waals surface area contributed by atoms with Crippen LogP contribution in [0.15, 0.2) is 144 Å². The van der Waals surface area contributed by atoms with Gasteiger partial charge in [-0.05, 0) is 269 Å². The van der Waals surface area contributed by atoms with Crippen molar-refractivity contribution in [2.45, 2.75) is 265 Å². The number of ether oxygens (including phenoxy) is 2. The van der Waals surface area contributed by atoms with Crippen LogP contribution in [-0.4, -0.2) is 262 Å². The van der Waals surface area contributed by atoms with Crippen LogP contribution in [-0.2, 0) is 9.47 Å². The smallest absolute Gasteiger partial charge is 0.261 e. The van der Waals surface area contributed by atoms with Gasteiger partial charge < -0.3 is 98.5 Å². The first-order valence-electron chi connectivity index (χ1n) is 53.0. The van der Waals surface area contributed by atoms with Crippen LogP contribution in [0, 0.1) is 69.2 Å². The van der Waals surface area contributed by atoms with Gasteiger partial charge in [0, 0.05) is 194 Å². The number of nitrogens with one attached hydrogen (secondary N) is 5. The van der Waals surface area contributed by atoms with E-state index < -0.39 is 0 Å². The number of aryl methyl sites for hydroxylation is 10. The molecule has 5 aromatic carbocycles. The van der Waals surface area contributed by atoms with Gasteiger partial charge in [-0.25, -0.2) is 24.9 Å². The van der Waals surface area contributed by atoms with Crippen molar-refractivity contribution >= 4 is 83.6 Å².